The van der Waals surface area contributed by atoms with Crippen LogP contribution in [0.4, 0.5) is 5.82 Å². The summed E-state index contributed by atoms with van der Waals surface area (Å²) in [5.41, 5.74) is 1.96. The van der Waals surface area contributed by atoms with Gasteiger partial charge in [0.2, 0.25) is 0 Å². The Morgan fingerprint density at radius 1 is 1.39 bits per heavy atom. The minimum Gasteiger partial charge on any atom is -0.396 e. The maximum atomic E-state index is 9.28. The Kier molecular flexibility index (Phi) is 4.55. The van der Waals surface area contributed by atoms with Crippen molar-refractivity contribution in [2.45, 2.75) is 32.8 Å². The average molecular weight is 250 g/mol. The first-order valence-corrected chi connectivity index (χ1v) is 6.73. The van der Waals surface area contributed by atoms with E-state index in [1.807, 2.05) is 12.1 Å². The largest absolute Gasteiger partial charge is 0.396 e. The van der Waals surface area contributed by atoms with Crippen molar-refractivity contribution in [2.75, 3.05) is 24.6 Å². The molecule has 4 heteroatoms. The molecule has 0 bridgehead atoms. The Morgan fingerprint density at radius 3 is 2.89 bits per heavy atom. The fraction of sp³-hybridized carbons (Fsp3) is 0.643. The summed E-state index contributed by atoms with van der Waals surface area (Å²) in [6.45, 7) is 4.37. The van der Waals surface area contributed by atoms with Crippen molar-refractivity contribution in [2.24, 2.45) is 5.92 Å². The number of nitrogens with zero attached hydrogens (tertiary/aromatic N) is 2. The van der Waals surface area contributed by atoms with Crippen molar-refractivity contribution in [3.8, 4) is 0 Å². The summed E-state index contributed by atoms with van der Waals surface area (Å²) in [7, 11) is 0. The van der Waals surface area contributed by atoms with Crippen molar-refractivity contribution >= 4 is 5.82 Å². The first kappa shape index (κ1) is 13.3. The van der Waals surface area contributed by atoms with Gasteiger partial charge in [-0.05, 0) is 42.9 Å². The monoisotopic (exact) mass is 250 g/mol. The van der Waals surface area contributed by atoms with E-state index in [2.05, 4.69) is 16.8 Å². The lowest BCUT2D eigenvalue weighted by molar-refractivity contribution is 0.263. The summed E-state index contributed by atoms with van der Waals surface area (Å²) in [6.07, 6.45) is 2.87. The summed E-state index contributed by atoms with van der Waals surface area (Å²) in [4.78, 5) is 6.89. The normalized spacial score (nSPS) is 19.5. The highest BCUT2D eigenvalue weighted by Crippen LogP contribution is 2.25. The van der Waals surface area contributed by atoms with Crippen LogP contribution < -0.4 is 4.90 Å². The number of hydrogen-bond donors (Lipinski definition) is 2. The second kappa shape index (κ2) is 6.16. The molecule has 2 rings (SSSR count). The first-order chi connectivity index (χ1) is 8.76. The van der Waals surface area contributed by atoms with E-state index < -0.39 is 0 Å². The number of aliphatic hydroxyl groups is 2. The molecule has 18 heavy (non-hydrogen) atoms. The molecular weight excluding hydrogens is 228 g/mol. The van der Waals surface area contributed by atoms with E-state index in [1.54, 1.807) is 0 Å². The fourth-order valence-corrected chi connectivity index (χ4v) is 2.53. The maximum absolute atomic E-state index is 9.28. The van der Waals surface area contributed by atoms with E-state index in [9.17, 15) is 5.11 Å². The molecule has 0 aliphatic carbocycles. The van der Waals surface area contributed by atoms with Crippen LogP contribution in [0.15, 0.2) is 12.1 Å². The third-order valence-electron chi connectivity index (χ3n) is 3.62. The summed E-state index contributed by atoms with van der Waals surface area (Å²) < 4.78 is 0. The van der Waals surface area contributed by atoms with Crippen LogP contribution in [-0.2, 0) is 13.0 Å². The summed E-state index contributed by atoms with van der Waals surface area (Å²) in [5, 5.41) is 18.3. The van der Waals surface area contributed by atoms with Crippen molar-refractivity contribution in [1.82, 2.24) is 4.98 Å². The lowest BCUT2D eigenvalue weighted by Crippen LogP contribution is -2.21. The zero-order chi connectivity index (χ0) is 13.0. The Morgan fingerprint density at radius 2 is 2.22 bits per heavy atom. The van der Waals surface area contributed by atoms with Crippen molar-refractivity contribution in [1.29, 1.82) is 0 Å². The van der Waals surface area contributed by atoms with E-state index in [1.165, 1.54) is 0 Å². The van der Waals surface area contributed by atoms with E-state index in [0.717, 1.165) is 49.4 Å². The lowest BCUT2D eigenvalue weighted by atomic mass is 10.1. The molecule has 0 saturated carbocycles. The van der Waals surface area contributed by atoms with Gasteiger partial charge in [-0.3, -0.25) is 0 Å². The van der Waals surface area contributed by atoms with Gasteiger partial charge >= 0.3 is 0 Å². The van der Waals surface area contributed by atoms with Crippen molar-refractivity contribution < 1.29 is 10.2 Å². The first-order valence-electron chi connectivity index (χ1n) is 6.73. The van der Waals surface area contributed by atoms with Gasteiger partial charge in [0.25, 0.3) is 0 Å². The SMILES string of the molecule is CCc1cc(CO)cc(N2CCC(CCO)C2)n1. The number of rotatable bonds is 5. The Bertz CT molecular complexity index is 373. The topological polar surface area (TPSA) is 56.6 Å². The van der Waals surface area contributed by atoms with Crippen LogP contribution in [0, 0.1) is 5.92 Å². The second-order valence-electron chi connectivity index (χ2n) is 4.95. The molecule has 1 atom stereocenters. The van der Waals surface area contributed by atoms with Gasteiger partial charge in [-0.15, -0.1) is 0 Å². The number of anilines is 1. The molecule has 0 aromatic carbocycles. The summed E-state index contributed by atoms with van der Waals surface area (Å²) >= 11 is 0. The molecule has 100 valence electrons. The Balaban J connectivity index is 2.13. The number of pyridine rings is 1. The predicted octanol–water partition coefficient (Wildman–Crippen LogP) is 1.34. The van der Waals surface area contributed by atoms with E-state index in [4.69, 9.17) is 5.11 Å². The molecule has 4 nitrogen and oxygen atoms in total. The second-order valence-corrected chi connectivity index (χ2v) is 4.95. The van der Waals surface area contributed by atoms with E-state index >= 15 is 0 Å². The highest BCUT2D eigenvalue weighted by Gasteiger charge is 2.23. The average Bonchev–Trinajstić information content (AvgIpc) is 2.87. The standard InChI is InChI=1S/C14H22N2O2/c1-2-13-7-12(10-18)8-14(15-13)16-5-3-11(9-16)4-6-17/h7-8,11,17-18H,2-6,9-10H2,1H3. The van der Waals surface area contributed by atoms with Gasteiger partial charge in [0.1, 0.15) is 5.82 Å². The van der Waals surface area contributed by atoms with Crippen LogP contribution in [0.3, 0.4) is 0 Å². The van der Waals surface area contributed by atoms with Crippen LogP contribution in [0.2, 0.25) is 0 Å². The number of aryl methyl sites for hydroxylation is 1. The lowest BCUT2D eigenvalue weighted by Gasteiger charge is -2.19. The van der Waals surface area contributed by atoms with Gasteiger partial charge in [-0.25, -0.2) is 4.98 Å². The number of hydrogen-bond acceptors (Lipinski definition) is 4. The molecule has 0 spiro atoms. The van der Waals surface area contributed by atoms with Gasteiger partial charge in [-0.1, -0.05) is 6.92 Å². The molecule has 1 aliphatic heterocycles. The van der Waals surface area contributed by atoms with Crippen LogP contribution in [0.25, 0.3) is 0 Å². The highest BCUT2D eigenvalue weighted by atomic mass is 16.3. The molecule has 1 aliphatic rings. The molecule has 0 amide bonds. The zero-order valence-electron chi connectivity index (χ0n) is 11.0. The number of aliphatic hydroxyl groups excluding tert-OH is 2. The Hall–Kier alpha value is -1.13. The third kappa shape index (κ3) is 3.00. The Labute approximate surface area is 108 Å². The molecule has 0 radical (unpaired) electrons. The highest BCUT2D eigenvalue weighted by molar-refractivity contribution is 5.43. The molecule has 1 fully saturated rings. The molecule has 1 unspecified atom stereocenters. The minimum absolute atomic E-state index is 0.0659. The van der Waals surface area contributed by atoms with Crippen LogP contribution in [0.5, 0.6) is 0 Å². The molecule has 1 aromatic rings. The van der Waals surface area contributed by atoms with Crippen molar-refractivity contribution in [3.63, 3.8) is 0 Å². The van der Waals surface area contributed by atoms with Gasteiger partial charge in [-0.2, -0.15) is 0 Å². The quantitative estimate of drug-likeness (QED) is 0.828. The maximum Gasteiger partial charge on any atom is 0.129 e. The van der Waals surface area contributed by atoms with Crippen molar-refractivity contribution in [3.05, 3.63) is 23.4 Å². The predicted molar refractivity (Wildman–Crippen MR) is 71.6 cm³/mol. The number of aromatic nitrogens is 1. The summed E-state index contributed by atoms with van der Waals surface area (Å²) in [5.74, 6) is 1.54. The van der Waals surface area contributed by atoms with Crippen LogP contribution in [0.1, 0.15) is 31.0 Å². The smallest absolute Gasteiger partial charge is 0.129 e. The molecule has 1 aromatic heterocycles. The van der Waals surface area contributed by atoms with Gasteiger partial charge in [0.15, 0.2) is 0 Å². The zero-order valence-corrected chi connectivity index (χ0v) is 11.0. The van der Waals surface area contributed by atoms with Gasteiger partial charge in [0.05, 0.1) is 6.61 Å². The summed E-state index contributed by atoms with van der Waals surface area (Å²) in [6, 6.07) is 3.94. The molecule has 2 N–H and O–H groups in total. The van der Waals surface area contributed by atoms with E-state index in [0.29, 0.717) is 5.92 Å². The fourth-order valence-electron chi connectivity index (χ4n) is 2.53. The third-order valence-corrected chi connectivity index (χ3v) is 3.62. The van der Waals surface area contributed by atoms with Gasteiger partial charge < -0.3 is 15.1 Å². The molecule has 2 heterocycles. The van der Waals surface area contributed by atoms with Crippen LogP contribution >= 0.6 is 0 Å². The minimum atomic E-state index is 0.0659. The van der Waals surface area contributed by atoms with E-state index in [-0.39, 0.29) is 13.2 Å². The van der Waals surface area contributed by atoms with Gasteiger partial charge in [0, 0.05) is 25.4 Å². The van der Waals surface area contributed by atoms with Crippen LogP contribution in [-0.4, -0.2) is 34.9 Å². The molecule has 1 saturated heterocycles. The molecular formula is C14H22N2O2.